The van der Waals surface area contributed by atoms with Gasteiger partial charge in [-0.05, 0) is 56.8 Å². The minimum atomic E-state index is -0.655. The van der Waals surface area contributed by atoms with Gasteiger partial charge in [-0.3, -0.25) is 9.59 Å². The Labute approximate surface area is 235 Å². The number of aliphatic carboxylic acids is 1. The molecule has 6 nitrogen and oxygen atoms in total. The van der Waals surface area contributed by atoms with E-state index < -0.39 is 5.97 Å². The Kier molecular flexibility index (Phi) is 10.7. The van der Waals surface area contributed by atoms with Crippen LogP contribution >= 0.6 is 0 Å². The summed E-state index contributed by atoms with van der Waals surface area (Å²) >= 11 is 0. The summed E-state index contributed by atoms with van der Waals surface area (Å²) in [5, 5.41) is 18.7. The molecule has 4 aliphatic rings. The lowest BCUT2D eigenvalue weighted by Gasteiger charge is -2.57. The number of benzene rings is 1. The van der Waals surface area contributed by atoms with Crippen molar-refractivity contribution in [2.45, 2.75) is 140 Å². The van der Waals surface area contributed by atoms with Gasteiger partial charge in [0.1, 0.15) is 0 Å². The molecule has 1 saturated heterocycles. The first-order valence-corrected chi connectivity index (χ1v) is 15.9. The van der Waals surface area contributed by atoms with Gasteiger partial charge in [-0.25, -0.2) is 0 Å². The number of ether oxygens (including phenoxy) is 1. The Morgan fingerprint density at radius 1 is 1.00 bits per heavy atom. The van der Waals surface area contributed by atoms with Gasteiger partial charge in [0.15, 0.2) is 23.4 Å². The van der Waals surface area contributed by atoms with Gasteiger partial charge in [-0.15, -0.1) is 0 Å². The molecule has 2 aliphatic carbocycles. The fraction of sp³-hybridized carbons (Fsp3) is 0.758. The number of ketones is 1. The van der Waals surface area contributed by atoms with E-state index in [0.717, 1.165) is 44.2 Å². The van der Waals surface area contributed by atoms with Crippen molar-refractivity contribution in [3.63, 3.8) is 0 Å². The molecule has 2 fully saturated rings. The van der Waals surface area contributed by atoms with E-state index in [9.17, 15) is 14.7 Å². The molecule has 218 valence electrons. The molecule has 0 amide bonds. The number of likely N-dealkylation sites (tertiary alicyclic amines) is 1. The van der Waals surface area contributed by atoms with E-state index in [0.29, 0.717) is 30.6 Å². The summed E-state index contributed by atoms with van der Waals surface area (Å²) in [4.78, 5) is 25.2. The molecule has 0 aromatic heterocycles. The third-order valence-electron chi connectivity index (χ3n) is 9.88. The number of carboxylic acids is 1. The molecule has 2 N–H and O–H groups in total. The Morgan fingerprint density at radius 2 is 1.62 bits per heavy atom. The molecule has 1 saturated carbocycles. The Hall–Kier alpha value is -2.08. The number of nitrogens with zero attached hydrogens (tertiary/aromatic N) is 1. The molecular weight excluding hydrogens is 490 g/mol. The second kappa shape index (κ2) is 14.0. The Bertz CT molecular complexity index is 977. The fourth-order valence-corrected chi connectivity index (χ4v) is 7.81. The lowest BCUT2D eigenvalue weighted by Crippen LogP contribution is -2.65. The summed E-state index contributed by atoms with van der Waals surface area (Å²) in [6.07, 6.45) is 20.5. The number of aromatic hydroxyl groups is 1. The average Bonchev–Trinajstić information content (AvgIpc) is 3.28. The zero-order valence-corrected chi connectivity index (χ0v) is 24.4. The fourth-order valence-electron chi connectivity index (χ4n) is 7.81. The summed E-state index contributed by atoms with van der Waals surface area (Å²) in [5.74, 6) is 0.841. The molecule has 2 aliphatic heterocycles. The number of unbranched alkanes of at least 4 members (excludes halogenated alkanes) is 12. The molecule has 2 bridgehead atoms. The molecular formula is C33H51NO5. The van der Waals surface area contributed by atoms with Gasteiger partial charge in [0.2, 0.25) is 0 Å². The maximum Gasteiger partial charge on any atom is 0.303 e. The lowest BCUT2D eigenvalue weighted by molar-refractivity contribution is -0.138. The third-order valence-corrected chi connectivity index (χ3v) is 9.88. The van der Waals surface area contributed by atoms with Crippen molar-refractivity contribution in [3.05, 3.63) is 23.3 Å². The van der Waals surface area contributed by atoms with E-state index in [4.69, 9.17) is 9.84 Å². The molecule has 4 atom stereocenters. The van der Waals surface area contributed by atoms with Crippen molar-refractivity contribution in [3.8, 4) is 11.5 Å². The van der Waals surface area contributed by atoms with Gasteiger partial charge in [0, 0.05) is 29.9 Å². The van der Waals surface area contributed by atoms with E-state index in [1.165, 1.54) is 76.2 Å². The highest BCUT2D eigenvalue weighted by Crippen LogP contribution is 2.62. The number of carbonyl (C=O) groups is 2. The lowest BCUT2D eigenvalue weighted by atomic mass is 9.52. The van der Waals surface area contributed by atoms with Gasteiger partial charge in [-0.1, -0.05) is 90.0 Å². The quantitative estimate of drug-likeness (QED) is 0.243. The van der Waals surface area contributed by atoms with Crippen LogP contribution in [0, 0.1) is 5.92 Å². The minimum Gasteiger partial charge on any atom is -0.504 e. The number of phenols is 1. The highest BCUT2D eigenvalue weighted by molar-refractivity contribution is 5.89. The molecule has 39 heavy (non-hydrogen) atoms. The molecule has 5 rings (SSSR count). The van der Waals surface area contributed by atoms with Crippen LogP contribution in [0.2, 0.25) is 0 Å². The molecule has 2 heterocycles. The summed E-state index contributed by atoms with van der Waals surface area (Å²) < 4.78 is 6.04. The average molecular weight is 542 g/mol. The predicted octanol–water partition coefficient (Wildman–Crippen LogP) is 7.18. The van der Waals surface area contributed by atoms with Crippen LogP contribution in [0.5, 0.6) is 11.5 Å². The zero-order valence-electron chi connectivity index (χ0n) is 24.4. The monoisotopic (exact) mass is 541 g/mol. The zero-order chi connectivity index (χ0) is 27.8. The SMILES string of the molecule is CCCCCCCCCCCCCCCC(=O)O.CN1CC[C@]23c4c5ccc(O)c4O[C@H]2C(=O)CC[C@H]3[C@H]1C5. The van der Waals surface area contributed by atoms with Crippen molar-refractivity contribution in [1.29, 1.82) is 0 Å². The second-order valence-corrected chi connectivity index (χ2v) is 12.5. The van der Waals surface area contributed by atoms with E-state index in [1.54, 1.807) is 6.07 Å². The minimum absolute atomic E-state index is 0.172. The first kappa shape index (κ1) is 29.9. The van der Waals surface area contributed by atoms with Crippen molar-refractivity contribution in [2.24, 2.45) is 5.92 Å². The number of hydrogen-bond donors (Lipinski definition) is 2. The maximum atomic E-state index is 12.5. The molecule has 0 radical (unpaired) electrons. The van der Waals surface area contributed by atoms with Crippen LogP contribution < -0.4 is 4.74 Å². The number of likely N-dealkylation sites (N-methyl/N-ethyl adjacent to an activating group) is 1. The van der Waals surface area contributed by atoms with Crippen LogP contribution in [0.4, 0.5) is 0 Å². The number of carboxylic acid groups (broad SMARTS) is 1. The molecule has 1 spiro atoms. The highest BCUT2D eigenvalue weighted by Gasteiger charge is 2.65. The van der Waals surface area contributed by atoms with Crippen molar-refractivity contribution in [1.82, 2.24) is 4.90 Å². The Morgan fingerprint density at radius 3 is 2.23 bits per heavy atom. The maximum absolute atomic E-state index is 12.5. The van der Waals surface area contributed by atoms with E-state index >= 15 is 0 Å². The second-order valence-electron chi connectivity index (χ2n) is 12.5. The molecule has 1 aromatic rings. The van der Waals surface area contributed by atoms with Gasteiger partial charge in [0.05, 0.1) is 0 Å². The number of rotatable bonds is 14. The first-order valence-electron chi connectivity index (χ1n) is 15.9. The smallest absolute Gasteiger partial charge is 0.303 e. The van der Waals surface area contributed by atoms with Crippen LogP contribution in [0.25, 0.3) is 0 Å². The molecule has 1 aromatic carbocycles. The van der Waals surface area contributed by atoms with Crippen LogP contribution in [0.15, 0.2) is 12.1 Å². The molecule has 6 heteroatoms. The van der Waals surface area contributed by atoms with Crippen molar-refractivity contribution < 1.29 is 24.5 Å². The molecule has 0 unspecified atom stereocenters. The van der Waals surface area contributed by atoms with Crippen LogP contribution in [-0.2, 0) is 21.4 Å². The topological polar surface area (TPSA) is 87.1 Å². The van der Waals surface area contributed by atoms with Gasteiger partial charge < -0.3 is 19.8 Å². The van der Waals surface area contributed by atoms with Crippen molar-refractivity contribution in [2.75, 3.05) is 13.6 Å². The van der Waals surface area contributed by atoms with Crippen LogP contribution in [0.1, 0.15) is 127 Å². The standard InChI is InChI=1S/C17H19NO3.C16H32O2/c1-18-7-6-17-10-3-5-13(20)16(17)21-15-12(19)4-2-9(14(15)17)8-11(10)18;1-2-3-4-5-6-7-8-9-10-11-12-13-14-15-16(17)18/h2,4,10-11,16,19H,3,5-8H2,1H3;2-15H2,1H3,(H,17,18)/t10-,11+,16-,17-;/m0./s1. The summed E-state index contributed by atoms with van der Waals surface area (Å²) in [5.41, 5.74) is 2.26. The van der Waals surface area contributed by atoms with E-state index in [1.807, 2.05) is 6.07 Å². The predicted molar refractivity (Wildman–Crippen MR) is 155 cm³/mol. The number of piperidine rings is 1. The van der Waals surface area contributed by atoms with Gasteiger partial charge in [-0.2, -0.15) is 0 Å². The largest absolute Gasteiger partial charge is 0.504 e. The van der Waals surface area contributed by atoms with E-state index in [2.05, 4.69) is 18.9 Å². The summed E-state index contributed by atoms with van der Waals surface area (Å²) in [6, 6.07) is 4.26. The normalized spacial score (nSPS) is 26.4. The summed E-state index contributed by atoms with van der Waals surface area (Å²) in [6.45, 7) is 3.26. The first-order chi connectivity index (χ1) is 18.9. The van der Waals surface area contributed by atoms with Gasteiger partial charge in [0.25, 0.3) is 0 Å². The number of phenolic OH excluding ortho intramolecular Hbond substituents is 1. The van der Waals surface area contributed by atoms with Crippen LogP contribution in [-0.4, -0.2) is 52.6 Å². The van der Waals surface area contributed by atoms with Crippen molar-refractivity contribution >= 4 is 11.8 Å². The number of carbonyl (C=O) groups excluding carboxylic acids is 1. The van der Waals surface area contributed by atoms with Gasteiger partial charge >= 0.3 is 5.97 Å². The third kappa shape index (κ3) is 6.64. The highest BCUT2D eigenvalue weighted by atomic mass is 16.5. The number of hydrogen-bond acceptors (Lipinski definition) is 5. The van der Waals surface area contributed by atoms with Crippen LogP contribution in [0.3, 0.4) is 0 Å². The van der Waals surface area contributed by atoms with E-state index in [-0.39, 0.29) is 23.1 Å². The Balaban J connectivity index is 0.000000185. The summed E-state index contributed by atoms with van der Waals surface area (Å²) in [7, 11) is 2.20. The number of Topliss-reactive ketones (excluding diaryl/α,β-unsaturated/α-hetero) is 1.